The molecule has 0 aliphatic rings. The summed E-state index contributed by atoms with van der Waals surface area (Å²) in [6.07, 6.45) is 0.609. The van der Waals surface area contributed by atoms with Gasteiger partial charge in [-0.1, -0.05) is 103 Å². The van der Waals surface area contributed by atoms with E-state index in [1.54, 1.807) is 0 Å². The molecule has 2 rings (SSSR count). The molecule has 0 amide bonds. The number of unbranched alkanes of at least 4 members (excludes halogenated alkanes) is 8. The lowest BCUT2D eigenvalue weighted by Crippen LogP contribution is -2.54. The molecule has 244 valence electrons. The summed E-state index contributed by atoms with van der Waals surface area (Å²) in [5, 5.41) is 0. The topological polar surface area (TPSA) is 6.48 Å². The first-order chi connectivity index (χ1) is 20.5. The second kappa shape index (κ2) is 17.8. The Hall–Kier alpha value is -2.38. The van der Waals surface area contributed by atoms with Crippen LogP contribution in [0.5, 0.6) is 0 Å². The Bertz CT molecular complexity index is 911. The highest BCUT2D eigenvalue weighted by Crippen LogP contribution is 2.56. The molecule has 2 nitrogen and oxygen atoms in total. The van der Waals surface area contributed by atoms with E-state index in [1.807, 2.05) is 0 Å². The summed E-state index contributed by atoms with van der Waals surface area (Å²) in [4.78, 5) is 4.16. The highest BCUT2D eigenvalue weighted by molar-refractivity contribution is 5.55. The number of alkyl halides is 6. The van der Waals surface area contributed by atoms with Crippen molar-refractivity contribution in [2.24, 2.45) is 0 Å². The number of anilines is 2. The van der Waals surface area contributed by atoms with E-state index in [0.29, 0.717) is 11.4 Å². The Labute approximate surface area is 255 Å². The zero-order valence-electron chi connectivity index (χ0n) is 26.6. The fraction of sp³-hybridized carbons (Fsp3) is 0.657. The summed E-state index contributed by atoms with van der Waals surface area (Å²) in [5.41, 5.74) is -4.46. The molecule has 8 heteroatoms. The number of halogens is 6. The summed E-state index contributed by atoms with van der Waals surface area (Å²) in [7, 11) is 0. The maximum atomic E-state index is 14.8. The van der Waals surface area contributed by atoms with Gasteiger partial charge < -0.3 is 9.80 Å². The van der Waals surface area contributed by atoms with E-state index in [-0.39, 0.29) is 0 Å². The molecule has 0 unspecified atom stereocenters. The van der Waals surface area contributed by atoms with Gasteiger partial charge in [0.2, 0.25) is 5.41 Å². The number of hydrogen-bond donors (Lipinski definition) is 0. The van der Waals surface area contributed by atoms with E-state index in [4.69, 9.17) is 0 Å². The first-order valence-electron chi connectivity index (χ1n) is 16.3. The van der Waals surface area contributed by atoms with Crippen LogP contribution in [-0.4, -0.2) is 38.5 Å². The third-order valence-electron chi connectivity index (χ3n) is 8.31. The molecule has 0 aliphatic heterocycles. The predicted molar refractivity (Wildman–Crippen MR) is 168 cm³/mol. The van der Waals surface area contributed by atoms with Crippen LogP contribution in [0, 0.1) is 0 Å². The van der Waals surface area contributed by atoms with Gasteiger partial charge in [0.05, 0.1) is 0 Å². The van der Waals surface area contributed by atoms with E-state index in [0.717, 1.165) is 127 Å². The molecular formula is C35H52F6N2. The lowest BCUT2D eigenvalue weighted by atomic mass is 9.72. The molecule has 0 atom stereocenters. The second-order valence-electron chi connectivity index (χ2n) is 11.6. The normalized spacial score (nSPS) is 12.5. The third kappa shape index (κ3) is 9.81. The molecule has 0 fully saturated rings. The molecule has 0 heterocycles. The largest absolute Gasteiger partial charge is 0.411 e. The first-order valence-corrected chi connectivity index (χ1v) is 16.3. The van der Waals surface area contributed by atoms with Crippen molar-refractivity contribution in [2.75, 3.05) is 36.0 Å². The van der Waals surface area contributed by atoms with E-state index < -0.39 is 28.9 Å². The standard InChI is InChI=1S/C35H52F6N2/c1-5-9-13-25-42(26-14-10-6-2)31-21-17-29(18-22-31)33(34(36,37)38,35(39,40)41)30-19-23-32(24-20-30)43(27-15-11-7-3)28-16-12-8-4/h17-24H,5-16,25-28H2,1-4H3. The van der Waals surface area contributed by atoms with Gasteiger partial charge in [-0.05, 0) is 61.1 Å². The molecule has 2 aromatic carbocycles. The van der Waals surface area contributed by atoms with Crippen molar-refractivity contribution in [3.8, 4) is 0 Å². The molecule has 0 aromatic heterocycles. The van der Waals surface area contributed by atoms with E-state index in [9.17, 15) is 26.3 Å². The van der Waals surface area contributed by atoms with Crippen molar-refractivity contribution in [1.82, 2.24) is 0 Å². The van der Waals surface area contributed by atoms with Crippen LogP contribution in [0.3, 0.4) is 0 Å². The Morgan fingerprint density at radius 3 is 0.884 bits per heavy atom. The summed E-state index contributed by atoms with van der Waals surface area (Å²) in [6.45, 7) is 11.2. The zero-order chi connectivity index (χ0) is 31.9. The van der Waals surface area contributed by atoms with Gasteiger partial charge in [0, 0.05) is 37.6 Å². The van der Waals surface area contributed by atoms with E-state index >= 15 is 0 Å². The SMILES string of the molecule is CCCCCN(CCCCC)c1ccc(C(c2ccc(N(CCCCC)CCCCC)cc2)(C(F)(F)F)C(F)(F)F)cc1. The zero-order valence-corrected chi connectivity index (χ0v) is 26.6. The van der Waals surface area contributed by atoms with Crippen molar-refractivity contribution in [3.63, 3.8) is 0 Å². The highest BCUT2D eigenvalue weighted by atomic mass is 19.4. The van der Waals surface area contributed by atoms with Crippen LogP contribution >= 0.6 is 0 Å². The second-order valence-corrected chi connectivity index (χ2v) is 11.6. The maximum Gasteiger partial charge on any atom is 0.411 e. The lowest BCUT2D eigenvalue weighted by Gasteiger charge is -2.39. The van der Waals surface area contributed by atoms with E-state index in [1.165, 1.54) is 24.3 Å². The fourth-order valence-corrected chi connectivity index (χ4v) is 5.78. The van der Waals surface area contributed by atoms with Crippen LogP contribution in [0.4, 0.5) is 37.7 Å². The smallest absolute Gasteiger partial charge is 0.372 e. The Balaban J connectivity index is 2.53. The van der Waals surface area contributed by atoms with Crippen LogP contribution in [0.1, 0.15) is 116 Å². The van der Waals surface area contributed by atoms with Crippen molar-refractivity contribution in [1.29, 1.82) is 0 Å². The minimum absolute atomic E-state index is 0.652. The number of nitrogens with zero attached hydrogens (tertiary/aromatic N) is 2. The van der Waals surface area contributed by atoms with Crippen molar-refractivity contribution < 1.29 is 26.3 Å². The summed E-state index contributed by atoms with van der Waals surface area (Å²) in [6, 6.07) is 9.82. The summed E-state index contributed by atoms with van der Waals surface area (Å²) >= 11 is 0. The molecule has 0 aliphatic carbocycles. The summed E-state index contributed by atoms with van der Waals surface area (Å²) < 4.78 is 89.1. The third-order valence-corrected chi connectivity index (χ3v) is 8.31. The van der Waals surface area contributed by atoms with Crippen molar-refractivity contribution in [2.45, 2.75) is 123 Å². The van der Waals surface area contributed by atoms with Gasteiger partial charge in [-0.2, -0.15) is 26.3 Å². The molecular weight excluding hydrogens is 562 g/mol. The average Bonchev–Trinajstić information content (AvgIpc) is 2.95. The van der Waals surface area contributed by atoms with Crippen LogP contribution in [-0.2, 0) is 5.41 Å². The monoisotopic (exact) mass is 614 g/mol. The van der Waals surface area contributed by atoms with Gasteiger partial charge in [-0.15, -0.1) is 0 Å². The Morgan fingerprint density at radius 1 is 0.419 bits per heavy atom. The maximum absolute atomic E-state index is 14.8. The molecule has 43 heavy (non-hydrogen) atoms. The molecule has 2 aromatic rings. The van der Waals surface area contributed by atoms with Crippen molar-refractivity contribution >= 4 is 11.4 Å². The number of hydrogen-bond acceptors (Lipinski definition) is 2. The van der Waals surface area contributed by atoms with E-state index in [2.05, 4.69) is 37.5 Å². The molecule has 0 saturated carbocycles. The van der Waals surface area contributed by atoms with Crippen LogP contribution in [0.2, 0.25) is 0 Å². The van der Waals surface area contributed by atoms with Crippen LogP contribution < -0.4 is 9.80 Å². The van der Waals surface area contributed by atoms with Crippen LogP contribution in [0.25, 0.3) is 0 Å². The van der Waals surface area contributed by atoms with Crippen LogP contribution in [0.15, 0.2) is 48.5 Å². The fourth-order valence-electron chi connectivity index (χ4n) is 5.78. The van der Waals surface area contributed by atoms with Gasteiger partial charge in [-0.25, -0.2) is 0 Å². The Morgan fingerprint density at radius 2 is 0.674 bits per heavy atom. The average molecular weight is 615 g/mol. The van der Waals surface area contributed by atoms with Gasteiger partial charge >= 0.3 is 12.4 Å². The molecule has 0 bridgehead atoms. The van der Waals surface area contributed by atoms with Crippen molar-refractivity contribution in [3.05, 3.63) is 59.7 Å². The highest BCUT2D eigenvalue weighted by Gasteiger charge is 2.72. The molecule has 0 N–H and O–H groups in total. The minimum Gasteiger partial charge on any atom is -0.372 e. The van der Waals surface area contributed by atoms with Gasteiger partial charge in [0.15, 0.2) is 0 Å². The minimum atomic E-state index is -5.60. The van der Waals surface area contributed by atoms with Gasteiger partial charge in [-0.3, -0.25) is 0 Å². The predicted octanol–water partition coefficient (Wildman–Crippen LogP) is 11.5. The number of rotatable bonds is 20. The first kappa shape index (κ1) is 36.8. The quantitative estimate of drug-likeness (QED) is 0.108. The summed E-state index contributed by atoms with van der Waals surface area (Å²) in [5.74, 6) is 0. The number of benzene rings is 2. The molecule has 0 saturated heterocycles. The Kier molecular flexibility index (Phi) is 15.2. The molecule has 0 spiro atoms. The lowest BCUT2D eigenvalue weighted by molar-refractivity contribution is -0.288. The van der Waals surface area contributed by atoms with Gasteiger partial charge in [0.1, 0.15) is 0 Å². The van der Waals surface area contributed by atoms with Gasteiger partial charge in [0.25, 0.3) is 0 Å². The molecule has 0 radical (unpaired) electrons.